The molecule has 0 amide bonds. The average molecular weight is 449 g/mol. The van der Waals surface area contributed by atoms with E-state index in [2.05, 4.69) is 25.3 Å². The SMILES string of the molecule is Nc1nc(Nc2ccc(OCCN3CCCC3)cc2)nn1-c1ncc2c(n1)CCCCCC2. The number of aryl methyl sites for hydroxylation is 2. The number of rotatable bonds is 7. The first-order valence-electron chi connectivity index (χ1n) is 12.0. The highest BCUT2D eigenvalue weighted by Crippen LogP contribution is 2.22. The highest BCUT2D eigenvalue weighted by Gasteiger charge is 2.15. The number of fused-ring (bicyclic) bond motifs is 1. The second-order valence-corrected chi connectivity index (χ2v) is 8.81. The summed E-state index contributed by atoms with van der Waals surface area (Å²) in [7, 11) is 0. The lowest BCUT2D eigenvalue weighted by Gasteiger charge is -2.15. The van der Waals surface area contributed by atoms with E-state index in [-0.39, 0.29) is 5.95 Å². The van der Waals surface area contributed by atoms with Gasteiger partial charge in [0.25, 0.3) is 5.95 Å². The molecule has 9 heteroatoms. The van der Waals surface area contributed by atoms with Crippen molar-refractivity contribution in [3.8, 4) is 11.7 Å². The fourth-order valence-corrected chi connectivity index (χ4v) is 4.51. The van der Waals surface area contributed by atoms with Gasteiger partial charge in [0.05, 0.1) is 0 Å². The smallest absolute Gasteiger partial charge is 0.254 e. The maximum absolute atomic E-state index is 6.14. The second-order valence-electron chi connectivity index (χ2n) is 8.81. The van der Waals surface area contributed by atoms with Crippen LogP contribution in [0.15, 0.2) is 30.5 Å². The van der Waals surface area contributed by atoms with Gasteiger partial charge < -0.3 is 15.8 Å². The topological polar surface area (TPSA) is 107 Å². The Morgan fingerprint density at radius 1 is 0.939 bits per heavy atom. The second kappa shape index (κ2) is 10.2. The molecule has 2 aromatic heterocycles. The maximum Gasteiger partial charge on any atom is 0.254 e. The fourth-order valence-electron chi connectivity index (χ4n) is 4.51. The van der Waals surface area contributed by atoms with Crippen molar-refractivity contribution in [3.63, 3.8) is 0 Å². The first kappa shape index (κ1) is 21.6. The van der Waals surface area contributed by atoms with Crippen molar-refractivity contribution >= 4 is 17.6 Å². The van der Waals surface area contributed by atoms with E-state index in [1.165, 1.54) is 55.4 Å². The number of hydrogen-bond acceptors (Lipinski definition) is 8. The molecular weight excluding hydrogens is 416 g/mol. The third kappa shape index (κ3) is 5.42. The molecule has 9 nitrogen and oxygen atoms in total. The fraction of sp³-hybridized carbons (Fsp3) is 0.500. The number of nitrogens with zero attached hydrogens (tertiary/aromatic N) is 6. The van der Waals surface area contributed by atoms with Crippen molar-refractivity contribution in [3.05, 3.63) is 41.7 Å². The van der Waals surface area contributed by atoms with Crippen LogP contribution in [0.1, 0.15) is 49.8 Å². The summed E-state index contributed by atoms with van der Waals surface area (Å²) in [5, 5.41) is 7.69. The maximum atomic E-state index is 6.14. The van der Waals surface area contributed by atoms with Crippen LogP contribution < -0.4 is 15.8 Å². The minimum absolute atomic E-state index is 0.255. The van der Waals surface area contributed by atoms with Crippen molar-refractivity contribution in [1.29, 1.82) is 0 Å². The molecule has 1 fully saturated rings. The number of aromatic nitrogens is 5. The molecule has 0 atom stereocenters. The Hall–Kier alpha value is -3.20. The van der Waals surface area contributed by atoms with E-state index in [0.717, 1.165) is 42.9 Å². The van der Waals surface area contributed by atoms with E-state index < -0.39 is 0 Å². The summed E-state index contributed by atoms with van der Waals surface area (Å²) in [6, 6.07) is 7.80. The molecule has 3 N–H and O–H groups in total. The normalized spacial score (nSPS) is 16.7. The van der Waals surface area contributed by atoms with Crippen molar-refractivity contribution in [2.24, 2.45) is 0 Å². The molecule has 3 aromatic rings. The van der Waals surface area contributed by atoms with E-state index >= 15 is 0 Å². The summed E-state index contributed by atoms with van der Waals surface area (Å²) in [6.45, 7) is 4.05. The number of benzene rings is 1. The molecule has 3 heterocycles. The molecule has 0 bridgehead atoms. The lowest BCUT2D eigenvalue weighted by molar-refractivity contribution is 0.238. The van der Waals surface area contributed by atoms with Crippen LogP contribution in [0.25, 0.3) is 5.95 Å². The number of ether oxygens (including phenoxy) is 1. The third-order valence-electron chi connectivity index (χ3n) is 6.36. The Morgan fingerprint density at radius 2 is 1.73 bits per heavy atom. The molecule has 0 spiro atoms. The van der Waals surface area contributed by atoms with Gasteiger partial charge in [0, 0.05) is 24.1 Å². The number of likely N-dealkylation sites (tertiary alicyclic amines) is 1. The van der Waals surface area contributed by atoms with Gasteiger partial charge in [-0.3, -0.25) is 4.90 Å². The van der Waals surface area contributed by atoms with Gasteiger partial charge in [0.2, 0.25) is 11.9 Å². The lowest BCUT2D eigenvalue weighted by atomic mass is 9.98. The van der Waals surface area contributed by atoms with E-state index in [9.17, 15) is 0 Å². The number of nitrogen functional groups attached to an aromatic ring is 1. The van der Waals surface area contributed by atoms with E-state index in [1.807, 2.05) is 30.5 Å². The van der Waals surface area contributed by atoms with Crippen molar-refractivity contribution < 1.29 is 4.74 Å². The Bertz CT molecular complexity index is 1060. The number of nitrogens with two attached hydrogens (primary N) is 1. The summed E-state index contributed by atoms with van der Waals surface area (Å²) in [4.78, 5) is 16.1. The van der Waals surface area contributed by atoms with E-state index in [1.54, 1.807) is 0 Å². The van der Waals surface area contributed by atoms with Gasteiger partial charge in [0.15, 0.2) is 0 Å². The van der Waals surface area contributed by atoms with Gasteiger partial charge in [-0.15, -0.1) is 5.10 Å². The van der Waals surface area contributed by atoms with Crippen LogP contribution in [-0.2, 0) is 12.8 Å². The Labute approximate surface area is 194 Å². The van der Waals surface area contributed by atoms with Gasteiger partial charge in [-0.2, -0.15) is 9.67 Å². The van der Waals surface area contributed by atoms with Crippen LogP contribution in [0.2, 0.25) is 0 Å². The largest absolute Gasteiger partial charge is 0.492 e. The predicted molar refractivity (Wildman–Crippen MR) is 128 cm³/mol. The van der Waals surface area contributed by atoms with E-state index in [0.29, 0.717) is 18.5 Å². The predicted octanol–water partition coefficient (Wildman–Crippen LogP) is 3.52. The zero-order valence-corrected chi connectivity index (χ0v) is 19.0. The van der Waals surface area contributed by atoms with E-state index in [4.69, 9.17) is 15.5 Å². The molecule has 2 aliphatic rings. The summed E-state index contributed by atoms with van der Waals surface area (Å²) in [6.07, 6.45) is 11.4. The quantitative estimate of drug-likeness (QED) is 0.565. The first-order chi connectivity index (χ1) is 16.2. The average Bonchev–Trinajstić information content (AvgIpc) is 3.45. The minimum Gasteiger partial charge on any atom is -0.492 e. The van der Waals surface area contributed by atoms with Crippen LogP contribution >= 0.6 is 0 Å². The van der Waals surface area contributed by atoms with Crippen LogP contribution in [0.5, 0.6) is 5.75 Å². The molecule has 174 valence electrons. The van der Waals surface area contributed by atoms with Crippen LogP contribution in [0, 0.1) is 0 Å². The van der Waals surface area contributed by atoms with Crippen LogP contribution in [0.3, 0.4) is 0 Å². The first-order valence-corrected chi connectivity index (χ1v) is 12.0. The van der Waals surface area contributed by atoms with Gasteiger partial charge in [-0.05, 0) is 81.4 Å². The van der Waals surface area contributed by atoms with Gasteiger partial charge in [-0.25, -0.2) is 9.97 Å². The molecule has 33 heavy (non-hydrogen) atoms. The molecule has 0 saturated carbocycles. The molecule has 1 aliphatic heterocycles. The highest BCUT2D eigenvalue weighted by atomic mass is 16.5. The van der Waals surface area contributed by atoms with Gasteiger partial charge in [0.1, 0.15) is 12.4 Å². The molecule has 0 radical (unpaired) electrons. The minimum atomic E-state index is 0.255. The van der Waals surface area contributed by atoms with Crippen molar-refractivity contribution in [2.75, 3.05) is 37.3 Å². The summed E-state index contributed by atoms with van der Waals surface area (Å²) < 4.78 is 7.37. The monoisotopic (exact) mass is 448 g/mol. The van der Waals surface area contributed by atoms with Crippen LogP contribution in [-0.4, -0.2) is 55.9 Å². The third-order valence-corrected chi connectivity index (χ3v) is 6.36. The Morgan fingerprint density at radius 3 is 2.55 bits per heavy atom. The zero-order valence-electron chi connectivity index (χ0n) is 19.0. The molecule has 5 rings (SSSR count). The van der Waals surface area contributed by atoms with Gasteiger partial charge >= 0.3 is 0 Å². The highest BCUT2D eigenvalue weighted by molar-refractivity contribution is 5.55. The summed E-state index contributed by atoms with van der Waals surface area (Å²) in [5.74, 6) is 1.98. The molecule has 1 saturated heterocycles. The standard InChI is InChI=1S/C24H32N8O/c25-22-29-23(27-19-9-11-20(12-10-19)33-16-15-31-13-5-6-14-31)30-32(22)24-26-17-18-7-3-1-2-4-8-21(18)28-24/h9-12,17H,1-8,13-16H2,(H3,25,27,29,30). The molecule has 0 unspecified atom stereocenters. The van der Waals surface area contributed by atoms with Crippen molar-refractivity contribution in [2.45, 2.75) is 51.4 Å². The van der Waals surface area contributed by atoms with Crippen LogP contribution in [0.4, 0.5) is 17.6 Å². The Kier molecular flexibility index (Phi) is 6.66. The summed E-state index contributed by atoms with van der Waals surface area (Å²) in [5.41, 5.74) is 9.33. The molecule has 1 aliphatic carbocycles. The van der Waals surface area contributed by atoms with Gasteiger partial charge in [-0.1, -0.05) is 12.8 Å². The number of hydrogen-bond donors (Lipinski definition) is 2. The number of anilines is 3. The lowest BCUT2D eigenvalue weighted by Crippen LogP contribution is -2.25. The number of nitrogens with one attached hydrogen (secondary N) is 1. The summed E-state index contributed by atoms with van der Waals surface area (Å²) >= 11 is 0. The molecule has 1 aromatic carbocycles. The zero-order chi connectivity index (χ0) is 22.5. The van der Waals surface area contributed by atoms with Crippen molar-refractivity contribution in [1.82, 2.24) is 29.6 Å². The molecular formula is C24H32N8O. The Balaban J connectivity index is 1.22.